The minimum absolute atomic E-state index is 0.982. The number of hydrogen-bond acceptors (Lipinski definition) is 2. The summed E-state index contributed by atoms with van der Waals surface area (Å²) in [5.41, 5.74) is -12.2. The van der Waals surface area contributed by atoms with Gasteiger partial charge in [0.05, 0.1) is 5.69 Å². The first kappa shape index (κ1) is 98.6. The molecule has 0 spiro atoms. The summed E-state index contributed by atoms with van der Waals surface area (Å²) in [7, 11) is -1.61. The van der Waals surface area contributed by atoms with Crippen molar-refractivity contribution in [1.82, 2.24) is 9.97 Å². The van der Waals surface area contributed by atoms with Gasteiger partial charge in [-0.1, -0.05) is 194 Å². The fraction of sp³-hybridized carbons (Fsp3) is 0.451. The van der Waals surface area contributed by atoms with Crippen LogP contribution in [0.15, 0.2) is 24.3 Å². The second-order valence-corrected chi connectivity index (χ2v) is 33.8. The Labute approximate surface area is 664 Å². The Kier molecular flexibility index (Phi) is 38.4. The second kappa shape index (κ2) is 46.0. The van der Waals surface area contributed by atoms with Crippen LogP contribution in [-0.4, -0.2) is 31.7 Å². The summed E-state index contributed by atoms with van der Waals surface area (Å²) in [4.78, 5) is 8.96. The number of aromatic nitrogens is 2. The number of halogens is 30. The lowest BCUT2D eigenvalue weighted by Crippen LogP contribution is -2.60. The van der Waals surface area contributed by atoms with Crippen LogP contribution in [0.1, 0.15) is 218 Å². The molecule has 0 amide bonds. The Morgan fingerprint density at radius 3 is 0.619 bits per heavy atom. The molecule has 8 rings (SSSR count). The van der Waals surface area contributed by atoms with Gasteiger partial charge in [0.2, 0.25) is 8.32 Å². The van der Waals surface area contributed by atoms with Crippen LogP contribution in [-0.2, 0) is 12.8 Å². The molecule has 1 aromatic heterocycles. The molecule has 7 aromatic carbocycles. The van der Waals surface area contributed by atoms with Gasteiger partial charge in [-0.15, -0.1) is 0 Å². The number of nitrogens with one attached hydrogen (secondary N) is 1. The Hall–Kier alpha value is -8.20. The molecule has 1 N–H and O–H groups in total. The lowest BCUT2D eigenvalue weighted by molar-refractivity contribution is 0.380. The maximum atomic E-state index is 14.4. The highest BCUT2D eigenvalue weighted by Crippen LogP contribution is 2.31. The van der Waals surface area contributed by atoms with Crippen molar-refractivity contribution in [3.8, 4) is 17.1 Å². The molecule has 1 heterocycles. The van der Waals surface area contributed by atoms with E-state index in [-0.39, 0.29) is 0 Å². The Morgan fingerprint density at radius 1 is 0.246 bits per heavy atom. The smallest absolute Gasteiger partial charge is 0.265 e. The number of benzene rings is 7. The minimum atomic E-state index is -3.96. The summed E-state index contributed by atoms with van der Waals surface area (Å²) >= 11 is 0. The molecule has 0 aliphatic carbocycles. The largest absolute Gasteiger partial charge is 0.544 e. The molecule has 0 fully saturated rings. The van der Waals surface area contributed by atoms with Crippen molar-refractivity contribution in [2.45, 2.75) is 239 Å². The Balaban J connectivity index is 0.000000282. The van der Waals surface area contributed by atoms with Crippen LogP contribution in [0.2, 0.25) is 19.6 Å². The molecular formula is C82H84B2F30N2OSi. The third-order valence-corrected chi connectivity index (χ3v) is 20.5. The lowest BCUT2D eigenvalue weighted by Gasteiger charge is -2.21. The molecular weight excluding hydrogens is 1650 g/mol. The standard InChI is InChI=1S/C46H84N2OSi.2C18BF15/c1-6-8-10-12-14-16-18-20-22-24-26-28-30-32-34-36-44-45(48-46(47-44)42-38-40-43(41-39-42)49-50(3,4)5)37-35-33-31-29-27-25-23-21-19-17-15-13-11-9-7-2;2*20-4-1(5(21)11(27)16(32)10(4)26)19(2-6(22)12(28)17(33)13(29)7(2)23)3-8(24)14(30)18(34)15(31)9(3)25/h38-41H,6-37H2,1-5H3,(H,47,48);;. The van der Waals surface area contributed by atoms with E-state index < -0.39 is 229 Å². The van der Waals surface area contributed by atoms with Gasteiger partial charge in [-0.25, -0.2) is 137 Å². The highest BCUT2D eigenvalue weighted by Gasteiger charge is 2.48. The van der Waals surface area contributed by atoms with E-state index in [1.165, 1.54) is 210 Å². The van der Waals surface area contributed by atoms with E-state index in [0.717, 1.165) is 24.4 Å². The molecule has 0 saturated heterocycles. The van der Waals surface area contributed by atoms with Crippen LogP contribution in [0, 0.1) is 175 Å². The zero-order valence-corrected chi connectivity index (χ0v) is 65.8. The molecule has 0 bridgehead atoms. The van der Waals surface area contributed by atoms with Gasteiger partial charge in [0.25, 0.3) is 13.4 Å². The SMILES string of the molecule is CCCCCCCCCCCCCCCCCc1nc(-c2ccc(O[Si](C)(C)C)cc2)[nH]c1CCCCCCCCCCCCCCCCC.Fc1c(F)c(F)c(B(c2c(F)c(F)c(F)c(F)c2F)c2c(F)c(F)c(F)c(F)c2F)c(F)c1F.Fc1c(F)c(F)c(B(c2c(F)c(F)c(F)c(F)c2F)c2c(F)c(F)c(F)c(F)c2F)c(F)c1F. The van der Waals surface area contributed by atoms with Crippen LogP contribution in [0.25, 0.3) is 11.4 Å². The van der Waals surface area contributed by atoms with Gasteiger partial charge in [-0.05, 0) is 69.6 Å². The maximum Gasteiger partial charge on any atom is 0.265 e. The van der Waals surface area contributed by atoms with E-state index in [0.29, 0.717) is 0 Å². The third-order valence-electron chi connectivity index (χ3n) is 19.7. The van der Waals surface area contributed by atoms with Crippen LogP contribution >= 0.6 is 0 Å². The molecule has 8 aromatic rings. The van der Waals surface area contributed by atoms with Crippen molar-refractivity contribution < 1.29 is 136 Å². The molecule has 0 radical (unpaired) electrons. The van der Waals surface area contributed by atoms with Gasteiger partial charge in [0.15, 0.2) is 175 Å². The van der Waals surface area contributed by atoms with Crippen LogP contribution in [0.5, 0.6) is 5.75 Å². The number of aromatic amines is 1. The van der Waals surface area contributed by atoms with Gasteiger partial charge in [0, 0.05) is 44.0 Å². The zero-order valence-electron chi connectivity index (χ0n) is 64.8. The van der Waals surface area contributed by atoms with Crippen molar-refractivity contribution in [3.05, 3.63) is 210 Å². The third kappa shape index (κ3) is 24.3. The molecule has 0 aliphatic rings. The normalized spacial score (nSPS) is 11.6. The predicted octanol–water partition coefficient (Wildman–Crippen LogP) is 24.7. The molecule has 0 aliphatic heterocycles. The Morgan fingerprint density at radius 2 is 0.424 bits per heavy atom. The van der Waals surface area contributed by atoms with Crippen molar-refractivity contribution >= 4 is 54.5 Å². The first-order valence-electron chi connectivity index (χ1n) is 38.7. The van der Waals surface area contributed by atoms with Crippen molar-refractivity contribution in [2.24, 2.45) is 0 Å². The van der Waals surface area contributed by atoms with Gasteiger partial charge < -0.3 is 9.41 Å². The quantitative estimate of drug-likeness (QED) is 0.0136. The summed E-state index contributed by atoms with van der Waals surface area (Å²) in [6.07, 6.45) is 44.6. The molecule has 648 valence electrons. The number of unbranched alkanes of at least 4 members (excludes halogenated alkanes) is 28. The van der Waals surface area contributed by atoms with Crippen LogP contribution in [0.3, 0.4) is 0 Å². The molecule has 36 heteroatoms. The van der Waals surface area contributed by atoms with Gasteiger partial charge in [-0.3, -0.25) is 0 Å². The molecule has 0 saturated carbocycles. The van der Waals surface area contributed by atoms with Gasteiger partial charge >= 0.3 is 0 Å². The highest BCUT2D eigenvalue weighted by molar-refractivity contribution is 6.96. The van der Waals surface area contributed by atoms with E-state index in [9.17, 15) is 132 Å². The zero-order chi connectivity index (χ0) is 87.9. The molecule has 118 heavy (non-hydrogen) atoms. The summed E-state index contributed by atoms with van der Waals surface area (Å²) in [5, 5.41) is 0. The summed E-state index contributed by atoms with van der Waals surface area (Å²) < 4.78 is 423. The summed E-state index contributed by atoms with van der Waals surface area (Å²) in [6.45, 7) is 3.41. The van der Waals surface area contributed by atoms with Crippen molar-refractivity contribution in [3.63, 3.8) is 0 Å². The average molecular weight is 1730 g/mol. The second-order valence-electron chi connectivity index (χ2n) is 29.4. The fourth-order valence-corrected chi connectivity index (χ4v) is 14.3. The van der Waals surface area contributed by atoms with E-state index in [1.54, 1.807) is 0 Å². The predicted molar refractivity (Wildman–Crippen MR) is 392 cm³/mol. The number of aryl methyl sites for hydroxylation is 2. The molecule has 0 atom stereocenters. The topological polar surface area (TPSA) is 37.9 Å². The summed E-state index contributed by atoms with van der Waals surface area (Å²) in [6, 6.07) is 8.61. The van der Waals surface area contributed by atoms with Gasteiger partial charge in [-0.2, -0.15) is 0 Å². The van der Waals surface area contributed by atoms with Crippen molar-refractivity contribution in [2.75, 3.05) is 0 Å². The number of rotatable bonds is 41. The number of nitrogens with zero attached hydrogens (tertiary/aromatic N) is 1. The van der Waals surface area contributed by atoms with E-state index in [1.807, 2.05) is 0 Å². The fourth-order valence-electron chi connectivity index (χ4n) is 13.5. The summed E-state index contributed by atoms with van der Waals surface area (Å²) in [5.74, 6) is -88.4. The highest BCUT2D eigenvalue weighted by atomic mass is 28.4. The van der Waals surface area contributed by atoms with E-state index in [2.05, 4.69) is 62.7 Å². The number of imidazole rings is 1. The van der Waals surface area contributed by atoms with Crippen LogP contribution < -0.4 is 37.2 Å². The van der Waals surface area contributed by atoms with E-state index in [4.69, 9.17) is 9.41 Å². The first-order chi connectivity index (χ1) is 55.7. The van der Waals surface area contributed by atoms with E-state index >= 15 is 0 Å². The average Bonchev–Trinajstić information content (AvgIpc) is 0.914. The molecule has 3 nitrogen and oxygen atoms in total. The first-order valence-corrected chi connectivity index (χ1v) is 42.1. The number of hydrogen-bond donors (Lipinski definition) is 1. The monoisotopic (exact) mass is 1730 g/mol. The van der Waals surface area contributed by atoms with Crippen molar-refractivity contribution in [1.29, 1.82) is 0 Å². The maximum absolute atomic E-state index is 14.4. The lowest BCUT2D eigenvalue weighted by atomic mass is 9.36. The van der Waals surface area contributed by atoms with Gasteiger partial charge in [0.1, 0.15) is 11.6 Å². The number of H-pyrrole nitrogens is 1. The van der Waals surface area contributed by atoms with Crippen LogP contribution in [0.4, 0.5) is 132 Å². The molecule has 0 unspecified atom stereocenters. The minimum Gasteiger partial charge on any atom is -0.544 e. The Bertz CT molecular complexity index is 3950.